The lowest BCUT2D eigenvalue weighted by atomic mass is 9.80. The lowest BCUT2D eigenvalue weighted by Crippen LogP contribution is -2.67. The van der Waals surface area contributed by atoms with Gasteiger partial charge < -0.3 is 9.47 Å². The van der Waals surface area contributed by atoms with E-state index in [2.05, 4.69) is 9.97 Å². The van der Waals surface area contributed by atoms with E-state index in [4.69, 9.17) is 9.47 Å². The molecular weight excluding hydrogens is 344 g/mol. The summed E-state index contributed by atoms with van der Waals surface area (Å²) in [7, 11) is -0.239. The molecule has 1 atom stereocenters. The van der Waals surface area contributed by atoms with Gasteiger partial charge in [-0.15, -0.1) is 0 Å². The molecule has 0 amide bonds. The van der Waals surface area contributed by atoms with Crippen LogP contribution in [-0.4, -0.2) is 73.0 Å². The average molecular weight is 370 g/mol. The fourth-order valence-corrected chi connectivity index (χ4v) is 4.69. The zero-order chi connectivity index (χ0) is 18.1. The van der Waals surface area contributed by atoms with Gasteiger partial charge in [0, 0.05) is 40.0 Å². The molecule has 3 rings (SSSR count). The van der Waals surface area contributed by atoms with Crippen LogP contribution in [0.2, 0.25) is 0 Å². The summed E-state index contributed by atoms with van der Waals surface area (Å²) in [5.41, 5.74) is 0.508. The van der Waals surface area contributed by atoms with Gasteiger partial charge in [0.05, 0.1) is 24.1 Å². The third kappa shape index (κ3) is 4.11. The standard InChI is InChI=1S/C16H26N4O4S/c1-13-9-17-10-15(18-13)23-6-4-14-5-7-24-16(8-14)11-20(12-16)25(21,22)19(2)3/h9-10,14H,4-8,11-12H2,1-3H3/t14-/m0/s1. The topological polar surface area (TPSA) is 84.9 Å². The van der Waals surface area contributed by atoms with E-state index in [0.717, 1.165) is 25.0 Å². The van der Waals surface area contributed by atoms with Crippen LogP contribution in [0, 0.1) is 12.8 Å². The van der Waals surface area contributed by atoms with Crippen LogP contribution in [0.1, 0.15) is 25.0 Å². The Labute approximate surface area is 149 Å². The quantitative estimate of drug-likeness (QED) is 0.738. The Bertz CT molecular complexity index is 704. The van der Waals surface area contributed by atoms with Gasteiger partial charge in [-0.1, -0.05) is 0 Å². The molecule has 140 valence electrons. The van der Waals surface area contributed by atoms with Gasteiger partial charge in [-0.05, 0) is 32.1 Å². The maximum Gasteiger partial charge on any atom is 0.281 e. The molecule has 2 aliphatic rings. The highest BCUT2D eigenvalue weighted by atomic mass is 32.2. The molecule has 0 radical (unpaired) electrons. The number of nitrogens with zero attached hydrogens (tertiary/aromatic N) is 4. The van der Waals surface area contributed by atoms with Crippen LogP contribution in [0.4, 0.5) is 0 Å². The Kier molecular flexibility index (Phi) is 5.29. The molecule has 0 unspecified atom stereocenters. The van der Waals surface area contributed by atoms with Crippen molar-refractivity contribution in [2.45, 2.75) is 31.8 Å². The first-order valence-corrected chi connectivity index (χ1v) is 9.93. The van der Waals surface area contributed by atoms with Crippen LogP contribution in [0.3, 0.4) is 0 Å². The minimum atomic E-state index is -3.34. The zero-order valence-electron chi connectivity index (χ0n) is 15.0. The van der Waals surface area contributed by atoms with E-state index in [1.54, 1.807) is 26.5 Å². The lowest BCUT2D eigenvalue weighted by Gasteiger charge is -2.52. The third-order valence-electron chi connectivity index (χ3n) is 4.82. The molecule has 3 heterocycles. The summed E-state index contributed by atoms with van der Waals surface area (Å²) in [6.07, 6.45) is 6.06. The van der Waals surface area contributed by atoms with E-state index in [1.165, 1.54) is 8.61 Å². The van der Waals surface area contributed by atoms with Gasteiger partial charge in [-0.3, -0.25) is 4.98 Å². The second-order valence-corrected chi connectivity index (χ2v) is 9.23. The molecule has 1 aromatic rings. The fourth-order valence-electron chi connectivity index (χ4n) is 3.43. The molecule has 8 nitrogen and oxygen atoms in total. The highest BCUT2D eigenvalue weighted by molar-refractivity contribution is 7.86. The molecule has 0 N–H and O–H groups in total. The fraction of sp³-hybridized carbons (Fsp3) is 0.750. The van der Waals surface area contributed by atoms with Crippen LogP contribution in [0.5, 0.6) is 5.88 Å². The predicted molar refractivity (Wildman–Crippen MR) is 92.5 cm³/mol. The van der Waals surface area contributed by atoms with Crippen LogP contribution in [0.25, 0.3) is 0 Å². The molecular formula is C16H26N4O4S. The minimum Gasteiger partial charge on any atom is -0.477 e. The van der Waals surface area contributed by atoms with Gasteiger partial charge >= 0.3 is 0 Å². The summed E-state index contributed by atoms with van der Waals surface area (Å²) in [6.45, 7) is 4.01. The average Bonchev–Trinajstić information content (AvgIpc) is 2.52. The summed E-state index contributed by atoms with van der Waals surface area (Å²) in [4.78, 5) is 8.34. The molecule has 1 aromatic heterocycles. The van der Waals surface area contributed by atoms with Crippen molar-refractivity contribution in [3.8, 4) is 5.88 Å². The summed E-state index contributed by atoms with van der Waals surface area (Å²) >= 11 is 0. The van der Waals surface area contributed by atoms with Crippen molar-refractivity contribution in [1.82, 2.24) is 18.6 Å². The highest BCUT2D eigenvalue weighted by Crippen LogP contribution is 2.39. The highest BCUT2D eigenvalue weighted by Gasteiger charge is 2.51. The van der Waals surface area contributed by atoms with E-state index in [0.29, 0.717) is 38.1 Å². The second-order valence-electron chi connectivity index (χ2n) is 7.08. The van der Waals surface area contributed by atoms with E-state index < -0.39 is 10.2 Å². The normalized spacial score (nSPS) is 23.6. The number of aryl methyl sites for hydroxylation is 1. The van der Waals surface area contributed by atoms with Gasteiger partial charge in [0.1, 0.15) is 0 Å². The smallest absolute Gasteiger partial charge is 0.281 e. The summed E-state index contributed by atoms with van der Waals surface area (Å²) < 4.78 is 38.6. The van der Waals surface area contributed by atoms with Crippen LogP contribution >= 0.6 is 0 Å². The number of rotatable bonds is 6. The molecule has 25 heavy (non-hydrogen) atoms. The van der Waals surface area contributed by atoms with E-state index in [-0.39, 0.29) is 5.60 Å². The molecule has 2 aliphatic heterocycles. The van der Waals surface area contributed by atoms with Gasteiger partial charge in [0.25, 0.3) is 10.2 Å². The Morgan fingerprint density at radius 1 is 1.40 bits per heavy atom. The number of hydrogen-bond acceptors (Lipinski definition) is 6. The second kappa shape index (κ2) is 7.14. The van der Waals surface area contributed by atoms with Crippen molar-refractivity contribution in [2.24, 2.45) is 5.92 Å². The summed E-state index contributed by atoms with van der Waals surface area (Å²) in [5, 5.41) is 0. The first-order valence-electron chi connectivity index (χ1n) is 8.54. The van der Waals surface area contributed by atoms with Gasteiger partial charge in [0.15, 0.2) is 0 Å². The predicted octanol–water partition coefficient (Wildman–Crippen LogP) is 0.841. The Morgan fingerprint density at radius 3 is 2.84 bits per heavy atom. The van der Waals surface area contributed by atoms with Crippen molar-refractivity contribution < 1.29 is 17.9 Å². The molecule has 0 bridgehead atoms. The minimum absolute atomic E-state index is 0.324. The Balaban J connectivity index is 1.48. The van der Waals surface area contributed by atoms with E-state index in [9.17, 15) is 8.42 Å². The Hall–Kier alpha value is -1.29. The van der Waals surface area contributed by atoms with Crippen molar-refractivity contribution >= 4 is 10.2 Å². The van der Waals surface area contributed by atoms with Crippen LogP contribution in [-0.2, 0) is 14.9 Å². The summed E-state index contributed by atoms with van der Waals surface area (Å²) in [6, 6.07) is 0. The Morgan fingerprint density at radius 2 is 2.16 bits per heavy atom. The maximum atomic E-state index is 12.1. The first kappa shape index (κ1) is 18.5. The van der Waals surface area contributed by atoms with Gasteiger partial charge in [-0.25, -0.2) is 4.98 Å². The molecule has 0 saturated carbocycles. The van der Waals surface area contributed by atoms with E-state index in [1.807, 2.05) is 6.92 Å². The number of ether oxygens (including phenoxy) is 2. The van der Waals surface area contributed by atoms with Crippen molar-refractivity contribution in [3.05, 3.63) is 18.1 Å². The van der Waals surface area contributed by atoms with Crippen molar-refractivity contribution in [2.75, 3.05) is 40.4 Å². The molecule has 2 saturated heterocycles. The summed E-state index contributed by atoms with van der Waals surface area (Å²) in [5.74, 6) is 1.02. The van der Waals surface area contributed by atoms with Crippen LogP contribution in [0.15, 0.2) is 12.4 Å². The molecule has 2 fully saturated rings. The molecule has 9 heteroatoms. The van der Waals surface area contributed by atoms with Gasteiger partial charge in [-0.2, -0.15) is 17.0 Å². The largest absolute Gasteiger partial charge is 0.477 e. The van der Waals surface area contributed by atoms with Crippen molar-refractivity contribution in [3.63, 3.8) is 0 Å². The van der Waals surface area contributed by atoms with E-state index >= 15 is 0 Å². The maximum absolute atomic E-state index is 12.1. The molecule has 0 aliphatic carbocycles. The SMILES string of the molecule is Cc1cncc(OCC[C@H]2CCOC3(C2)CN(S(=O)(=O)N(C)C)C3)n1. The molecule has 1 spiro atoms. The molecule has 0 aromatic carbocycles. The zero-order valence-corrected chi connectivity index (χ0v) is 15.8. The third-order valence-corrected chi connectivity index (χ3v) is 6.65. The lowest BCUT2D eigenvalue weighted by molar-refractivity contribution is -0.157. The van der Waals surface area contributed by atoms with Gasteiger partial charge in [0.2, 0.25) is 5.88 Å². The number of aromatic nitrogens is 2. The van der Waals surface area contributed by atoms with Crippen LogP contribution < -0.4 is 4.74 Å². The monoisotopic (exact) mass is 370 g/mol. The number of hydrogen-bond donors (Lipinski definition) is 0. The first-order chi connectivity index (χ1) is 11.8. The van der Waals surface area contributed by atoms with Crippen molar-refractivity contribution in [1.29, 1.82) is 0 Å².